The quantitative estimate of drug-likeness (QED) is 0.0963. The van der Waals surface area contributed by atoms with Crippen LogP contribution in [0.5, 0.6) is 0 Å². The Morgan fingerprint density at radius 2 is 1.69 bits per heavy atom. The van der Waals surface area contributed by atoms with E-state index in [1.807, 2.05) is 41.3 Å². The number of primary sulfonamides is 1. The largest absolute Gasteiger partial charge is 0.387 e. The molecule has 2 aliphatic rings. The third-order valence-electron chi connectivity index (χ3n) is 9.64. The van der Waals surface area contributed by atoms with E-state index in [4.69, 9.17) is 19.8 Å². The third-order valence-corrected chi connectivity index (χ3v) is 10.5. The zero-order valence-electron chi connectivity index (χ0n) is 29.8. The number of hydrogen-bond acceptors (Lipinski definition) is 12. The normalized spacial score (nSPS) is 21.2. The number of imidazole rings is 1. The van der Waals surface area contributed by atoms with Crippen LogP contribution in [0.25, 0.3) is 11.2 Å². The number of aliphatic hydroxyl groups is 2. The number of sulfonamides is 1. The van der Waals surface area contributed by atoms with Gasteiger partial charge in [0.05, 0.1) is 11.2 Å². The van der Waals surface area contributed by atoms with Crippen molar-refractivity contribution in [2.45, 2.75) is 54.7 Å². The van der Waals surface area contributed by atoms with E-state index in [0.29, 0.717) is 55.5 Å². The predicted molar refractivity (Wildman–Crippen MR) is 204 cm³/mol. The summed E-state index contributed by atoms with van der Waals surface area (Å²) >= 11 is 0. The monoisotopic (exact) mass is 770 g/mol. The number of amides is 3. The molecule has 0 unspecified atom stereocenters. The number of hydrogen-bond donors (Lipinski definition) is 7. The highest BCUT2D eigenvalue weighted by molar-refractivity contribution is 7.89. The molecule has 55 heavy (non-hydrogen) atoms. The van der Waals surface area contributed by atoms with Crippen LogP contribution in [0.1, 0.15) is 36.6 Å². The number of fused-ring (bicyclic) bond motifs is 1. The highest BCUT2D eigenvalue weighted by atomic mass is 32.2. The average Bonchev–Trinajstić information content (AvgIpc) is 3.90. The van der Waals surface area contributed by atoms with Crippen LogP contribution in [0, 0.1) is 0 Å². The first-order valence-corrected chi connectivity index (χ1v) is 19.4. The maximum atomic E-state index is 13.0. The van der Waals surface area contributed by atoms with Crippen LogP contribution >= 0.6 is 0 Å². The highest BCUT2D eigenvalue weighted by Crippen LogP contribution is 2.34. The Kier molecular flexibility index (Phi) is 10.9. The van der Waals surface area contributed by atoms with Gasteiger partial charge in [-0.25, -0.2) is 23.3 Å². The Morgan fingerprint density at radius 1 is 0.982 bits per heavy atom. The van der Waals surface area contributed by atoms with Crippen molar-refractivity contribution in [1.29, 1.82) is 0 Å². The maximum Gasteiger partial charge on any atom is 0.319 e. The first-order chi connectivity index (χ1) is 26.5. The van der Waals surface area contributed by atoms with E-state index in [2.05, 4.69) is 50.5 Å². The summed E-state index contributed by atoms with van der Waals surface area (Å²) in [6.07, 6.45) is -3.48. The lowest BCUT2D eigenvalue weighted by molar-refractivity contribution is -0.137. The van der Waals surface area contributed by atoms with Crippen molar-refractivity contribution in [1.82, 2.24) is 30.2 Å². The second-order valence-corrected chi connectivity index (χ2v) is 14.9. The fraction of sp³-hybridized carbons (Fsp3) is 0.324. The van der Waals surface area contributed by atoms with Crippen LogP contribution < -0.4 is 31.3 Å². The van der Waals surface area contributed by atoms with Gasteiger partial charge in [0, 0.05) is 43.8 Å². The zero-order valence-corrected chi connectivity index (χ0v) is 30.6. The number of anilines is 3. The molecule has 0 saturated carbocycles. The molecule has 5 aromatic rings. The van der Waals surface area contributed by atoms with E-state index < -0.39 is 46.5 Å². The molecule has 3 aromatic carbocycles. The maximum absolute atomic E-state index is 13.0. The number of benzene rings is 3. The number of aliphatic hydroxyl groups excluding tert-OH is 2. The minimum atomic E-state index is -3.95. The van der Waals surface area contributed by atoms with Crippen LogP contribution in [-0.2, 0) is 19.6 Å². The minimum Gasteiger partial charge on any atom is -0.387 e. The van der Waals surface area contributed by atoms with Gasteiger partial charge in [0.1, 0.15) is 12.2 Å². The van der Waals surface area contributed by atoms with Crippen molar-refractivity contribution >= 4 is 50.6 Å². The summed E-state index contributed by atoms with van der Waals surface area (Å²) in [5.41, 5.74) is 3.11. The molecular weight excluding hydrogens is 729 g/mol. The summed E-state index contributed by atoms with van der Waals surface area (Å²) in [5, 5.41) is 38.8. The molecule has 3 amide bonds. The summed E-state index contributed by atoms with van der Waals surface area (Å²) < 4.78 is 31.0. The van der Waals surface area contributed by atoms with Gasteiger partial charge in [0.25, 0.3) is 5.91 Å². The van der Waals surface area contributed by atoms with Gasteiger partial charge in [0.2, 0.25) is 16.0 Å². The summed E-state index contributed by atoms with van der Waals surface area (Å²) in [6.45, 7) is 3.30. The number of likely N-dealkylation sites (N-methyl/N-ethyl adjacent to an activating group) is 1. The molecule has 4 heterocycles. The van der Waals surface area contributed by atoms with Gasteiger partial charge in [-0.05, 0) is 42.7 Å². The smallest absolute Gasteiger partial charge is 0.319 e. The zero-order chi connectivity index (χ0) is 38.7. The summed E-state index contributed by atoms with van der Waals surface area (Å²) in [5.74, 6) is 0.109. The molecule has 0 bridgehead atoms. The van der Waals surface area contributed by atoms with E-state index in [-0.39, 0.29) is 22.5 Å². The molecule has 18 heteroatoms. The van der Waals surface area contributed by atoms with Crippen molar-refractivity contribution in [2.75, 3.05) is 41.7 Å². The number of ether oxygens (including phenoxy) is 1. The lowest BCUT2D eigenvalue weighted by Crippen LogP contribution is -2.42. The molecule has 2 aromatic heterocycles. The van der Waals surface area contributed by atoms with Gasteiger partial charge in [0.15, 0.2) is 29.3 Å². The molecule has 0 aliphatic carbocycles. The lowest BCUT2D eigenvalue weighted by Gasteiger charge is -2.22. The standard InChI is InChI=1S/C37H42N10O7S/c1-2-39-34(50)31-29(48)30(49)35(54-31)47-21-41-28-32(40-19-27(22-10-5-3-6-11-22)23-12-7-4-8-13-23)44-36(45-33(28)47)46-17-16-25(20-46)43-37(51)42-24-14-9-15-26(18-24)55(38,52)53/h3-15,18,21,25,27,29-31,35,48-49H,2,16-17,19-20H2,1H3,(H,39,50)(H2,38,52,53)(H,40,44,45)(H2,42,43,51)/t25-,29+,30-,31+,35-/m1/s1. The number of rotatable bonds is 12. The Balaban J connectivity index is 1.17. The van der Waals surface area contributed by atoms with Gasteiger partial charge >= 0.3 is 6.03 Å². The van der Waals surface area contributed by atoms with Crippen molar-refractivity contribution in [2.24, 2.45) is 5.14 Å². The molecule has 7 rings (SSSR count). The lowest BCUT2D eigenvalue weighted by atomic mass is 9.91. The van der Waals surface area contributed by atoms with Crippen LogP contribution in [-0.4, -0.2) is 101 Å². The second kappa shape index (κ2) is 16.0. The SMILES string of the molecule is CCNC(=O)[C@H]1O[C@@H](n2cnc3c(NCC(c4ccccc4)c4ccccc4)nc(N4CC[C@@H](NC(=O)Nc5cccc(S(N)(=O)=O)c5)C4)nc32)[C@H](O)[C@@H]1O. The number of aromatic nitrogens is 4. The van der Waals surface area contributed by atoms with Gasteiger partial charge in [-0.3, -0.25) is 9.36 Å². The van der Waals surface area contributed by atoms with Crippen molar-refractivity contribution in [3.05, 3.63) is 102 Å². The van der Waals surface area contributed by atoms with E-state index in [1.54, 1.807) is 13.0 Å². The van der Waals surface area contributed by atoms with Crippen molar-refractivity contribution < 1.29 is 33.0 Å². The second-order valence-electron chi connectivity index (χ2n) is 13.4. The Morgan fingerprint density at radius 3 is 2.36 bits per heavy atom. The average molecular weight is 771 g/mol. The Labute approximate surface area is 317 Å². The fourth-order valence-corrected chi connectivity index (χ4v) is 7.46. The fourth-order valence-electron chi connectivity index (χ4n) is 6.90. The number of carbonyl (C=O) groups excluding carboxylic acids is 2. The predicted octanol–water partition coefficient (Wildman–Crippen LogP) is 1.87. The first kappa shape index (κ1) is 37.6. The number of carbonyl (C=O) groups is 2. The molecule has 17 nitrogen and oxygen atoms in total. The van der Waals surface area contributed by atoms with E-state index in [1.165, 1.54) is 29.1 Å². The van der Waals surface area contributed by atoms with E-state index in [9.17, 15) is 28.2 Å². The molecule has 2 saturated heterocycles. The van der Waals surface area contributed by atoms with Crippen molar-refractivity contribution in [3.63, 3.8) is 0 Å². The molecule has 8 N–H and O–H groups in total. The molecule has 2 aliphatic heterocycles. The molecule has 0 radical (unpaired) electrons. The van der Waals surface area contributed by atoms with E-state index in [0.717, 1.165) is 11.1 Å². The molecule has 0 spiro atoms. The van der Waals surface area contributed by atoms with Gasteiger partial charge in [-0.2, -0.15) is 9.97 Å². The van der Waals surface area contributed by atoms with Crippen LogP contribution in [0.2, 0.25) is 0 Å². The number of nitrogens with one attached hydrogen (secondary N) is 4. The first-order valence-electron chi connectivity index (χ1n) is 17.8. The third kappa shape index (κ3) is 8.23. The summed E-state index contributed by atoms with van der Waals surface area (Å²) in [4.78, 5) is 41.8. The Bertz CT molecular complexity index is 2220. The topological polar surface area (TPSA) is 239 Å². The summed E-state index contributed by atoms with van der Waals surface area (Å²) in [6, 6.07) is 24.9. The van der Waals surface area contributed by atoms with Crippen LogP contribution in [0.3, 0.4) is 0 Å². The molecule has 5 atom stereocenters. The Hall–Kier alpha value is -5.66. The minimum absolute atomic E-state index is 0.0598. The molecular formula is C37H42N10O7S. The van der Waals surface area contributed by atoms with Gasteiger partial charge in [-0.1, -0.05) is 66.7 Å². The summed E-state index contributed by atoms with van der Waals surface area (Å²) in [7, 11) is -3.95. The molecule has 2 fully saturated rings. The highest BCUT2D eigenvalue weighted by Gasteiger charge is 2.48. The molecule has 288 valence electrons. The van der Waals surface area contributed by atoms with E-state index >= 15 is 0 Å². The van der Waals surface area contributed by atoms with Gasteiger partial charge < -0.3 is 41.1 Å². The van der Waals surface area contributed by atoms with Crippen LogP contribution in [0.15, 0.2) is 96.2 Å². The number of urea groups is 1. The van der Waals surface area contributed by atoms with Gasteiger partial charge in [-0.15, -0.1) is 0 Å². The number of nitrogens with two attached hydrogens (primary N) is 1. The van der Waals surface area contributed by atoms with Crippen molar-refractivity contribution in [3.8, 4) is 0 Å². The van der Waals surface area contributed by atoms with Crippen LogP contribution in [0.4, 0.5) is 22.2 Å². The number of nitrogens with zero attached hydrogens (tertiary/aromatic N) is 5.